The molecule has 2 heteroatoms. The summed E-state index contributed by atoms with van der Waals surface area (Å²) in [5.41, 5.74) is 0.677. The summed E-state index contributed by atoms with van der Waals surface area (Å²) >= 11 is 0. The largest absolute Gasteiger partial charge is 0.227 e. The predicted octanol–water partition coefficient (Wildman–Crippen LogP) is 1.41. The van der Waals surface area contributed by atoms with Gasteiger partial charge in [0.1, 0.15) is 0 Å². The van der Waals surface area contributed by atoms with E-state index in [1.165, 1.54) is 12.3 Å². The number of halogens is 1. The first-order chi connectivity index (χ1) is 4.83. The van der Waals surface area contributed by atoms with Gasteiger partial charge in [-0.2, -0.15) is 4.39 Å². The smallest absolute Gasteiger partial charge is 0.212 e. The van der Waals surface area contributed by atoms with Crippen LogP contribution in [0.25, 0.3) is 0 Å². The van der Waals surface area contributed by atoms with Crippen molar-refractivity contribution in [2.45, 2.75) is 0 Å². The highest BCUT2D eigenvalue weighted by Crippen LogP contribution is 1.95. The number of nitrogens with zero attached hydrogens (tertiary/aromatic N) is 1. The van der Waals surface area contributed by atoms with Crippen molar-refractivity contribution in [3.8, 4) is 11.8 Å². The molecule has 1 rings (SSSR count). The molecule has 49 valence electrons. The highest BCUT2D eigenvalue weighted by atomic mass is 19.1. The summed E-state index contributed by atoms with van der Waals surface area (Å²) in [6.07, 6.45) is 1.37. The van der Waals surface area contributed by atoms with Crippen LogP contribution in [-0.2, 0) is 0 Å². The van der Waals surface area contributed by atoms with Gasteiger partial charge in [-0.3, -0.25) is 0 Å². The Balaban J connectivity index is 2.97. The van der Waals surface area contributed by atoms with E-state index < -0.39 is 5.95 Å². The van der Waals surface area contributed by atoms with E-state index in [1.807, 2.05) is 0 Å². The van der Waals surface area contributed by atoms with Gasteiger partial charge >= 0.3 is 0 Å². The van der Waals surface area contributed by atoms with Crippen LogP contribution in [0.15, 0.2) is 18.3 Å². The molecule has 0 spiro atoms. The zero-order chi connectivity index (χ0) is 7.40. The van der Waals surface area contributed by atoms with Crippen molar-refractivity contribution >= 4 is 0 Å². The molecule has 0 aliphatic carbocycles. The molecule has 1 nitrogen and oxygen atoms in total. The standard InChI is InChI=1S/C8H5FN/c1-2-3-7-4-5-8(9)10-6-7/h4-6H,1H2. The summed E-state index contributed by atoms with van der Waals surface area (Å²) in [5.74, 6) is 4.59. The van der Waals surface area contributed by atoms with Gasteiger partial charge in [-0.25, -0.2) is 4.98 Å². The topological polar surface area (TPSA) is 12.9 Å². The second-order valence-electron chi connectivity index (χ2n) is 1.67. The third-order valence-electron chi connectivity index (χ3n) is 0.960. The molecule has 0 atom stereocenters. The minimum atomic E-state index is -0.491. The van der Waals surface area contributed by atoms with Crippen molar-refractivity contribution < 1.29 is 4.39 Å². The lowest BCUT2D eigenvalue weighted by atomic mass is 10.3. The third-order valence-corrected chi connectivity index (χ3v) is 0.960. The Morgan fingerprint density at radius 1 is 1.50 bits per heavy atom. The number of rotatable bonds is 0. The van der Waals surface area contributed by atoms with Crippen molar-refractivity contribution in [2.24, 2.45) is 0 Å². The minimum Gasteiger partial charge on any atom is -0.227 e. The van der Waals surface area contributed by atoms with Gasteiger partial charge in [-0.15, -0.1) is 0 Å². The Bertz CT molecular complexity index is 266. The fourth-order valence-corrected chi connectivity index (χ4v) is 0.552. The second-order valence-corrected chi connectivity index (χ2v) is 1.67. The van der Waals surface area contributed by atoms with Gasteiger partial charge in [0, 0.05) is 18.7 Å². The van der Waals surface area contributed by atoms with Gasteiger partial charge < -0.3 is 0 Å². The van der Waals surface area contributed by atoms with Gasteiger partial charge in [0.2, 0.25) is 5.95 Å². The van der Waals surface area contributed by atoms with Crippen molar-refractivity contribution in [3.63, 3.8) is 0 Å². The van der Waals surface area contributed by atoms with E-state index in [0.29, 0.717) is 5.56 Å². The van der Waals surface area contributed by atoms with Crippen molar-refractivity contribution in [1.29, 1.82) is 0 Å². The van der Waals surface area contributed by atoms with Crippen LogP contribution in [0.5, 0.6) is 0 Å². The van der Waals surface area contributed by atoms with Crippen LogP contribution in [0.4, 0.5) is 4.39 Å². The number of hydrogen-bond donors (Lipinski definition) is 0. The SMILES string of the molecule is [CH2]C#Cc1ccc(F)nc1. The van der Waals surface area contributed by atoms with E-state index in [9.17, 15) is 4.39 Å². The van der Waals surface area contributed by atoms with Gasteiger partial charge in [0.15, 0.2) is 0 Å². The molecule has 0 aromatic carbocycles. The van der Waals surface area contributed by atoms with Crippen LogP contribution in [-0.4, -0.2) is 4.98 Å². The van der Waals surface area contributed by atoms with Gasteiger partial charge in [-0.1, -0.05) is 11.8 Å². The van der Waals surface area contributed by atoms with E-state index >= 15 is 0 Å². The first kappa shape index (κ1) is 6.76. The number of aromatic nitrogens is 1. The van der Waals surface area contributed by atoms with Gasteiger partial charge in [-0.05, 0) is 12.1 Å². The molecule has 0 aliphatic heterocycles. The zero-order valence-electron chi connectivity index (χ0n) is 5.26. The molecule has 0 N–H and O–H groups in total. The summed E-state index contributed by atoms with van der Waals surface area (Å²) in [4.78, 5) is 3.40. The first-order valence-corrected chi connectivity index (χ1v) is 2.72. The van der Waals surface area contributed by atoms with E-state index in [4.69, 9.17) is 0 Å². The Morgan fingerprint density at radius 3 is 2.80 bits per heavy atom. The molecule has 0 bridgehead atoms. The molecule has 0 saturated heterocycles. The fraction of sp³-hybridized carbons (Fsp3) is 0. The second kappa shape index (κ2) is 2.98. The van der Waals surface area contributed by atoms with E-state index in [1.54, 1.807) is 6.07 Å². The summed E-state index contributed by atoms with van der Waals surface area (Å²) in [6, 6.07) is 2.82. The minimum absolute atomic E-state index is 0.491. The van der Waals surface area contributed by atoms with E-state index in [0.717, 1.165) is 0 Å². The molecule has 1 aromatic heterocycles. The summed E-state index contributed by atoms with van der Waals surface area (Å²) < 4.78 is 12.2. The number of hydrogen-bond acceptors (Lipinski definition) is 1. The maximum atomic E-state index is 12.2. The lowest BCUT2D eigenvalue weighted by Gasteiger charge is -1.86. The monoisotopic (exact) mass is 134 g/mol. The first-order valence-electron chi connectivity index (χ1n) is 2.72. The van der Waals surface area contributed by atoms with E-state index in [-0.39, 0.29) is 0 Å². The Morgan fingerprint density at radius 2 is 2.30 bits per heavy atom. The maximum absolute atomic E-state index is 12.2. The van der Waals surface area contributed by atoms with Crippen LogP contribution in [0.2, 0.25) is 0 Å². The average Bonchev–Trinajstić information content (AvgIpc) is 1.95. The van der Waals surface area contributed by atoms with Crippen molar-refractivity contribution in [1.82, 2.24) is 4.98 Å². The van der Waals surface area contributed by atoms with Gasteiger partial charge in [0.25, 0.3) is 0 Å². The molecule has 0 aliphatic rings. The fourth-order valence-electron chi connectivity index (χ4n) is 0.552. The zero-order valence-corrected chi connectivity index (χ0v) is 5.26. The van der Waals surface area contributed by atoms with Crippen LogP contribution in [0, 0.1) is 24.7 Å². The summed E-state index contributed by atoms with van der Waals surface area (Å²) in [6.45, 7) is 3.32. The van der Waals surface area contributed by atoms with Crippen LogP contribution < -0.4 is 0 Å². The van der Waals surface area contributed by atoms with E-state index in [2.05, 4.69) is 23.7 Å². The lowest BCUT2D eigenvalue weighted by Crippen LogP contribution is -1.81. The molecule has 1 heterocycles. The van der Waals surface area contributed by atoms with Crippen LogP contribution in [0.1, 0.15) is 5.56 Å². The normalized spacial score (nSPS) is 8.20. The summed E-state index contributed by atoms with van der Waals surface area (Å²) in [7, 11) is 0. The van der Waals surface area contributed by atoms with Crippen LogP contribution >= 0.6 is 0 Å². The molecule has 1 radical (unpaired) electrons. The Labute approximate surface area is 58.9 Å². The van der Waals surface area contributed by atoms with Gasteiger partial charge in [0.05, 0.1) is 0 Å². The van der Waals surface area contributed by atoms with Crippen molar-refractivity contribution in [3.05, 3.63) is 36.8 Å². The summed E-state index contributed by atoms with van der Waals surface area (Å²) in [5, 5.41) is 0. The van der Waals surface area contributed by atoms with Crippen LogP contribution in [0.3, 0.4) is 0 Å². The third kappa shape index (κ3) is 1.56. The van der Waals surface area contributed by atoms with Crippen molar-refractivity contribution in [2.75, 3.05) is 0 Å². The predicted molar refractivity (Wildman–Crippen MR) is 36.4 cm³/mol. The molecular weight excluding hydrogens is 129 g/mol. The number of pyridine rings is 1. The Kier molecular flexibility index (Phi) is 2.01. The molecule has 0 unspecified atom stereocenters. The highest BCUT2D eigenvalue weighted by Gasteiger charge is 1.88. The average molecular weight is 134 g/mol. The molecule has 0 amide bonds. The Hall–Kier alpha value is -1.36. The molecule has 0 fully saturated rings. The molecule has 1 aromatic rings. The molecular formula is C8H5FN. The maximum Gasteiger partial charge on any atom is 0.212 e. The molecule has 0 saturated carbocycles. The quantitative estimate of drug-likeness (QED) is 0.386. The lowest BCUT2D eigenvalue weighted by molar-refractivity contribution is 0.583. The highest BCUT2D eigenvalue weighted by molar-refractivity contribution is 5.31. The molecule has 10 heavy (non-hydrogen) atoms.